The summed E-state index contributed by atoms with van der Waals surface area (Å²) in [4.78, 5) is 32.8. The summed E-state index contributed by atoms with van der Waals surface area (Å²) < 4.78 is 8.03. The molecule has 9 nitrogen and oxygen atoms in total. The van der Waals surface area contributed by atoms with Gasteiger partial charge >= 0.3 is 0 Å². The maximum absolute atomic E-state index is 13.5. The number of carbonyl (C=O) groups excluding carboxylic acids is 1. The van der Waals surface area contributed by atoms with Crippen molar-refractivity contribution in [3.05, 3.63) is 57.1 Å². The SMILES string of the molecule is COc1cccc(C(=O)Cn2cnc3c(C#N)c(N4CCC[C@H](N)C4)n(C=C(C)Cl)c3c2=O)c1. The number of Topliss-reactive ketones (excluding diaryl/α,β-unsaturated/α-hetero) is 1. The van der Waals surface area contributed by atoms with E-state index in [1.165, 1.54) is 18.0 Å². The lowest BCUT2D eigenvalue weighted by atomic mass is 10.1. The van der Waals surface area contributed by atoms with Crippen molar-refractivity contribution in [1.82, 2.24) is 14.1 Å². The molecule has 0 spiro atoms. The first-order valence-electron chi connectivity index (χ1n) is 10.9. The van der Waals surface area contributed by atoms with Gasteiger partial charge in [0, 0.05) is 35.9 Å². The molecule has 4 rings (SSSR count). The van der Waals surface area contributed by atoms with Gasteiger partial charge in [0.15, 0.2) is 5.78 Å². The Kier molecular flexibility index (Phi) is 6.72. The van der Waals surface area contributed by atoms with Crippen LogP contribution in [0.1, 0.15) is 35.7 Å². The number of ether oxygens (including phenoxy) is 1. The van der Waals surface area contributed by atoms with Crippen molar-refractivity contribution in [2.24, 2.45) is 5.73 Å². The van der Waals surface area contributed by atoms with Crippen molar-refractivity contribution in [1.29, 1.82) is 5.26 Å². The van der Waals surface area contributed by atoms with Crippen LogP contribution in [0.4, 0.5) is 5.82 Å². The number of allylic oxidation sites excluding steroid dienone is 1. The minimum atomic E-state index is -0.445. The van der Waals surface area contributed by atoms with Crippen LogP contribution >= 0.6 is 11.6 Å². The van der Waals surface area contributed by atoms with Crippen molar-refractivity contribution >= 4 is 40.4 Å². The van der Waals surface area contributed by atoms with E-state index < -0.39 is 5.56 Å². The van der Waals surface area contributed by atoms with Gasteiger partial charge in [-0.15, -0.1) is 0 Å². The summed E-state index contributed by atoms with van der Waals surface area (Å²) in [7, 11) is 1.52. The third kappa shape index (κ3) is 4.42. The highest BCUT2D eigenvalue weighted by Crippen LogP contribution is 2.32. The highest BCUT2D eigenvalue weighted by Gasteiger charge is 2.28. The molecule has 1 saturated heterocycles. The number of nitriles is 1. The number of rotatable bonds is 6. The van der Waals surface area contributed by atoms with Gasteiger partial charge in [-0.2, -0.15) is 5.26 Å². The first-order valence-corrected chi connectivity index (χ1v) is 11.3. The third-order valence-corrected chi connectivity index (χ3v) is 5.92. The lowest BCUT2D eigenvalue weighted by Gasteiger charge is -2.33. The predicted molar refractivity (Wildman–Crippen MR) is 131 cm³/mol. The number of methoxy groups -OCH3 is 1. The van der Waals surface area contributed by atoms with E-state index in [-0.39, 0.29) is 35.0 Å². The fourth-order valence-corrected chi connectivity index (χ4v) is 4.38. The van der Waals surface area contributed by atoms with Crippen molar-refractivity contribution in [3.63, 3.8) is 0 Å². The smallest absolute Gasteiger partial charge is 0.278 e. The molecule has 1 aliphatic heterocycles. The van der Waals surface area contributed by atoms with E-state index in [4.69, 9.17) is 22.1 Å². The highest BCUT2D eigenvalue weighted by atomic mass is 35.5. The molecule has 0 bridgehead atoms. The van der Waals surface area contributed by atoms with E-state index in [1.807, 2.05) is 4.90 Å². The van der Waals surface area contributed by atoms with Crippen LogP contribution in [-0.2, 0) is 6.54 Å². The standard InChI is InChI=1S/C24H25ClN6O3/c1-15(25)11-31-22-21(19(10-26)23(31)29-8-4-6-17(27)12-29)28-14-30(24(22)33)13-20(32)16-5-3-7-18(9-16)34-2/h3,5,7,9,11,14,17H,4,6,8,12-13,27H2,1-2H3/t17-/m0/s1. The lowest BCUT2D eigenvalue weighted by Crippen LogP contribution is -2.43. The fourth-order valence-electron chi connectivity index (χ4n) is 4.29. The van der Waals surface area contributed by atoms with Gasteiger partial charge in [-0.1, -0.05) is 23.7 Å². The van der Waals surface area contributed by atoms with Crippen molar-refractivity contribution in [2.45, 2.75) is 32.4 Å². The molecule has 3 aromatic rings. The number of piperidine rings is 1. The molecule has 0 unspecified atom stereocenters. The van der Waals surface area contributed by atoms with Gasteiger partial charge in [0.2, 0.25) is 0 Å². The van der Waals surface area contributed by atoms with Crippen LogP contribution < -0.4 is 20.9 Å². The summed E-state index contributed by atoms with van der Waals surface area (Å²) in [6.45, 7) is 2.71. The number of halogens is 1. The molecule has 1 atom stereocenters. The normalized spacial score (nSPS) is 16.5. The lowest BCUT2D eigenvalue weighted by molar-refractivity contribution is 0.0970. The molecule has 0 radical (unpaired) electrons. The zero-order chi connectivity index (χ0) is 24.4. The Labute approximate surface area is 201 Å². The molecule has 34 heavy (non-hydrogen) atoms. The third-order valence-electron chi connectivity index (χ3n) is 5.83. The molecule has 3 heterocycles. The van der Waals surface area contributed by atoms with E-state index in [2.05, 4.69) is 11.1 Å². The first-order chi connectivity index (χ1) is 16.3. The van der Waals surface area contributed by atoms with Crippen LogP contribution in [-0.4, -0.2) is 46.1 Å². The molecular formula is C24H25ClN6O3. The molecular weight excluding hydrogens is 456 g/mol. The minimum Gasteiger partial charge on any atom is -0.497 e. The van der Waals surface area contributed by atoms with Crippen molar-refractivity contribution in [3.8, 4) is 11.8 Å². The number of nitrogens with zero attached hydrogens (tertiary/aromatic N) is 5. The molecule has 0 aliphatic carbocycles. The van der Waals surface area contributed by atoms with Crippen molar-refractivity contribution in [2.75, 3.05) is 25.1 Å². The number of ketones is 1. The second kappa shape index (κ2) is 9.71. The van der Waals surface area contributed by atoms with Gasteiger partial charge in [-0.25, -0.2) is 4.98 Å². The molecule has 2 aromatic heterocycles. The topological polar surface area (TPSA) is 119 Å². The van der Waals surface area contributed by atoms with Gasteiger partial charge in [0.05, 0.1) is 20.0 Å². The molecule has 1 aromatic carbocycles. The number of hydrogen-bond donors (Lipinski definition) is 1. The van der Waals surface area contributed by atoms with Crippen LogP contribution in [0.25, 0.3) is 17.2 Å². The molecule has 176 valence electrons. The Bertz CT molecular complexity index is 1380. The van der Waals surface area contributed by atoms with Gasteiger partial charge in [-0.3, -0.25) is 18.7 Å². The summed E-state index contributed by atoms with van der Waals surface area (Å²) in [5.41, 5.74) is 6.88. The zero-order valence-electron chi connectivity index (χ0n) is 19.0. The van der Waals surface area contributed by atoms with Gasteiger partial charge in [0.1, 0.15) is 34.2 Å². The Morgan fingerprint density at radius 1 is 1.44 bits per heavy atom. The van der Waals surface area contributed by atoms with Crippen LogP contribution in [0.5, 0.6) is 5.75 Å². The van der Waals surface area contributed by atoms with Gasteiger partial charge in [-0.05, 0) is 31.9 Å². The van der Waals surface area contributed by atoms with Crippen LogP contribution in [0, 0.1) is 11.3 Å². The number of anilines is 1. The number of carbonyl (C=O) groups is 1. The number of hydrogen-bond acceptors (Lipinski definition) is 7. The minimum absolute atomic E-state index is 0.0436. The second-order valence-electron chi connectivity index (χ2n) is 8.27. The average Bonchev–Trinajstić information content (AvgIpc) is 3.14. The summed E-state index contributed by atoms with van der Waals surface area (Å²) in [6, 6.07) is 8.89. The maximum Gasteiger partial charge on any atom is 0.278 e. The monoisotopic (exact) mass is 480 g/mol. The summed E-state index contributed by atoms with van der Waals surface area (Å²) in [5.74, 6) is 0.813. The number of fused-ring (bicyclic) bond motifs is 1. The Morgan fingerprint density at radius 3 is 2.91 bits per heavy atom. The second-order valence-corrected chi connectivity index (χ2v) is 8.87. The highest BCUT2D eigenvalue weighted by molar-refractivity contribution is 6.30. The number of aromatic nitrogens is 3. The maximum atomic E-state index is 13.5. The summed E-state index contributed by atoms with van der Waals surface area (Å²) >= 11 is 6.21. The Morgan fingerprint density at radius 2 is 2.24 bits per heavy atom. The fraction of sp³-hybridized carbons (Fsp3) is 0.333. The summed E-state index contributed by atoms with van der Waals surface area (Å²) in [6.07, 6.45) is 4.65. The molecule has 0 amide bonds. The molecule has 2 N–H and O–H groups in total. The quantitative estimate of drug-likeness (QED) is 0.538. The number of benzene rings is 1. The summed E-state index contributed by atoms with van der Waals surface area (Å²) in [5, 5.41) is 10.4. The Hall–Kier alpha value is -3.61. The first kappa shape index (κ1) is 23.5. The van der Waals surface area contributed by atoms with E-state index in [0.29, 0.717) is 35.3 Å². The predicted octanol–water partition coefficient (Wildman–Crippen LogP) is 2.95. The zero-order valence-corrected chi connectivity index (χ0v) is 19.7. The molecule has 1 aliphatic rings. The van der Waals surface area contributed by atoms with E-state index >= 15 is 0 Å². The molecule has 0 saturated carbocycles. The van der Waals surface area contributed by atoms with Gasteiger partial charge in [0.25, 0.3) is 5.56 Å². The molecule has 10 heteroatoms. The Balaban J connectivity index is 1.85. The van der Waals surface area contributed by atoms with Crippen molar-refractivity contribution < 1.29 is 9.53 Å². The average molecular weight is 481 g/mol. The van der Waals surface area contributed by atoms with Crippen LogP contribution in [0.2, 0.25) is 0 Å². The van der Waals surface area contributed by atoms with E-state index in [0.717, 1.165) is 12.8 Å². The van der Waals surface area contributed by atoms with E-state index in [1.54, 1.807) is 42.0 Å². The van der Waals surface area contributed by atoms with Gasteiger partial charge < -0.3 is 15.4 Å². The van der Waals surface area contributed by atoms with Crippen LogP contribution in [0.3, 0.4) is 0 Å². The molecule has 1 fully saturated rings. The largest absolute Gasteiger partial charge is 0.497 e. The van der Waals surface area contributed by atoms with Crippen LogP contribution in [0.15, 0.2) is 40.4 Å². The van der Waals surface area contributed by atoms with E-state index in [9.17, 15) is 14.9 Å². The number of nitrogens with two attached hydrogens (primary N) is 1.